The topological polar surface area (TPSA) is 12.4 Å². The highest BCUT2D eigenvalue weighted by Gasteiger charge is 1.92. The van der Waals surface area contributed by atoms with Gasteiger partial charge in [0.2, 0.25) is 0 Å². The van der Waals surface area contributed by atoms with Gasteiger partial charge in [-0.15, -0.1) is 0 Å². The first-order chi connectivity index (χ1) is 6.07. The second-order valence-corrected chi connectivity index (χ2v) is 3.69. The second-order valence-electron chi connectivity index (χ2n) is 3.69. The molecule has 0 rings (SSSR count). The van der Waals surface area contributed by atoms with E-state index in [4.69, 9.17) is 0 Å². The molecule has 0 radical (unpaired) electrons. The average Bonchev–Trinajstić information content (AvgIpc) is 2.11. The Balaban J connectivity index is 4.08. The van der Waals surface area contributed by atoms with Gasteiger partial charge in [-0.05, 0) is 32.3 Å². The summed E-state index contributed by atoms with van der Waals surface area (Å²) in [6.07, 6.45) is 6.96. The predicted octanol–water partition coefficient (Wildman–Crippen LogP) is 3.97. The van der Waals surface area contributed by atoms with Crippen LogP contribution in [0.4, 0.5) is 0 Å². The molecule has 0 atom stereocenters. The minimum absolute atomic E-state index is 0.591. The van der Waals surface area contributed by atoms with E-state index in [1.54, 1.807) is 0 Å². The van der Waals surface area contributed by atoms with E-state index in [0.717, 1.165) is 6.42 Å². The summed E-state index contributed by atoms with van der Waals surface area (Å²) in [7, 11) is 0. The van der Waals surface area contributed by atoms with Crippen molar-refractivity contribution in [1.82, 2.24) is 0 Å². The minimum atomic E-state index is 0.591. The Morgan fingerprint density at radius 3 is 2.38 bits per heavy atom. The van der Waals surface area contributed by atoms with E-state index >= 15 is 0 Å². The highest BCUT2D eigenvalue weighted by Crippen LogP contribution is 2.07. The van der Waals surface area contributed by atoms with Crippen LogP contribution in [0.3, 0.4) is 0 Å². The van der Waals surface area contributed by atoms with Gasteiger partial charge in [-0.25, -0.2) is 0 Å². The number of aliphatic imine (C=N–C) groups is 1. The van der Waals surface area contributed by atoms with E-state index in [2.05, 4.69) is 45.7 Å². The molecule has 0 unspecified atom stereocenters. The molecule has 74 valence electrons. The Morgan fingerprint density at radius 1 is 1.31 bits per heavy atom. The lowest BCUT2D eigenvalue weighted by Crippen LogP contribution is -1.86. The zero-order valence-electron chi connectivity index (χ0n) is 9.46. The molecule has 0 N–H and O–H groups in total. The van der Waals surface area contributed by atoms with Crippen LogP contribution in [0, 0.1) is 5.92 Å². The molecule has 1 nitrogen and oxygen atoms in total. The summed E-state index contributed by atoms with van der Waals surface area (Å²) in [6.45, 7) is 10.7. The third-order valence-electron chi connectivity index (χ3n) is 2.19. The maximum atomic E-state index is 4.22. The van der Waals surface area contributed by atoms with E-state index in [1.807, 2.05) is 12.4 Å². The molecule has 0 fully saturated rings. The van der Waals surface area contributed by atoms with Crippen LogP contribution in [0.15, 0.2) is 28.4 Å². The zero-order valence-corrected chi connectivity index (χ0v) is 9.46. The van der Waals surface area contributed by atoms with Crippen LogP contribution in [-0.2, 0) is 0 Å². The van der Waals surface area contributed by atoms with Gasteiger partial charge in [0.05, 0.1) is 0 Å². The fraction of sp³-hybridized carbons (Fsp3) is 0.583. The molecule has 0 amide bonds. The van der Waals surface area contributed by atoms with Crippen molar-refractivity contribution in [3.8, 4) is 0 Å². The van der Waals surface area contributed by atoms with Gasteiger partial charge in [-0.1, -0.05) is 31.9 Å². The van der Waals surface area contributed by atoms with Crippen LogP contribution in [0.1, 0.15) is 41.0 Å². The van der Waals surface area contributed by atoms with Crippen molar-refractivity contribution in [3.63, 3.8) is 0 Å². The first kappa shape index (κ1) is 12.2. The van der Waals surface area contributed by atoms with Gasteiger partial charge in [-0.2, -0.15) is 0 Å². The van der Waals surface area contributed by atoms with E-state index in [1.165, 1.54) is 11.1 Å². The largest absolute Gasteiger partial charge is 0.265 e. The zero-order chi connectivity index (χ0) is 10.3. The van der Waals surface area contributed by atoms with Crippen molar-refractivity contribution in [1.29, 1.82) is 0 Å². The van der Waals surface area contributed by atoms with Crippen LogP contribution < -0.4 is 0 Å². The molecule has 0 aromatic heterocycles. The van der Waals surface area contributed by atoms with Crippen LogP contribution in [-0.4, -0.2) is 6.21 Å². The van der Waals surface area contributed by atoms with E-state index in [9.17, 15) is 0 Å². The van der Waals surface area contributed by atoms with E-state index in [-0.39, 0.29) is 0 Å². The number of hydrogen-bond acceptors (Lipinski definition) is 1. The van der Waals surface area contributed by atoms with Gasteiger partial charge in [0.15, 0.2) is 0 Å². The second kappa shape index (κ2) is 6.64. The number of rotatable bonds is 4. The van der Waals surface area contributed by atoms with Crippen molar-refractivity contribution in [2.45, 2.75) is 41.0 Å². The summed E-state index contributed by atoms with van der Waals surface area (Å²) in [5.41, 5.74) is 2.68. The summed E-state index contributed by atoms with van der Waals surface area (Å²) < 4.78 is 0. The van der Waals surface area contributed by atoms with Crippen molar-refractivity contribution in [3.05, 3.63) is 23.4 Å². The van der Waals surface area contributed by atoms with Crippen LogP contribution in [0.25, 0.3) is 0 Å². The fourth-order valence-corrected chi connectivity index (χ4v) is 0.598. The van der Waals surface area contributed by atoms with Crippen LogP contribution in [0.2, 0.25) is 0 Å². The Kier molecular flexibility index (Phi) is 6.21. The maximum Gasteiger partial charge on any atom is 0.0267 e. The SMILES string of the molecule is CC/C(C)=C/C=N\C=C(/C)C(C)C. The third-order valence-corrected chi connectivity index (χ3v) is 2.19. The van der Waals surface area contributed by atoms with E-state index < -0.39 is 0 Å². The van der Waals surface area contributed by atoms with E-state index in [0.29, 0.717) is 5.92 Å². The molecule has 0 aliphatic carbocycles. The summed E-state index contributed by atoms with van der Waals surface area (Å²) in [6, 6.07) is 0. The Bertz CT molecular complexity index is 219. The Morgan fingerprint density at radius 2 is 1.92 bits per heavy atom. The summed E-state index contributed by atoms with van der Waals surface area (Å²) in [5, 5.41) is 0. The molecule has 0 aromatic rings. The molecule has 0 heterocycles. The average molecular weight is 179 g/mol. The molecule has 0 saturated carbocycles. The molecule has 0 bridgehead atoms. The highest BCUT2D eigenvalue weighted by molar-refractivity contribution is 5.72. The first-order valence-electron chi connectivity index (χ1n) is 4.93. The smallest absolute Gasteiger partial charge is 0.0267 e. The fourth-order valence-electron chi connectivity index (χ4n) is 0.598. The maximum absolute atomic E-state index is 4.22. The summed E-state index contributed by atoms with van der Waals surface area (Å²) in [5.74, 6) is 0.591. The monoisotopic (exact) mass is 179 g/mol. The van der Waals surface area contributed by atoms with Crippen LogP contribution >= 0.6 is 0 Å². The van der Waals surface area contributed by atoms with Gasteiger partial charge in [-0.3, -0.25) is 4.99 Å². The number of allylic oxidation sites excluding steroid dienone is 3. The lowest BCUT2D eigenvalue weighted by molar-refractivity contribution is 0.766. The molecular formula is C12H21N. The third kappa shape index (κ3) is 6.32. The first-order valence-corrected chi connectivity index (χ1v) is 4.93. The van der Waals surface area contributed by atoms with Crippen LogP contribution in [0.5, 0.6) is 0 Å². The van der Waals surface area contributed by atoms with Gasteiger partial charge < -0.3 is 0 Å². The number of hydrogen-bond donors (Lipinski definition) is 0. The molecule has 0 saturated heterocycles. The van der Waals surface area contributed by atoms with Gasteiger partial charge >= 0.3 is 0 Å². The van der Waals surface area contributed by atoms with Crippen molar-refractivity contribution in [2.24, 2.45) is 10.9 Å². The Hall–Kier alpha value is -0.850. The normalized spacial score (nSPS) is 14.6. The van der Waals surface area contributed by atoms with Gasteiger partial charge in [0, 0.05) is 12.4 Å². The summed E-state index contributed by atoms with van der Waals surface area (Å²) in [4.78, 5) is 4.22. The van der Waals surface area contributed by atoms with Gasteiger partial charge in [0.25, 0.3) is 0 Å². The predicted molar refractivity (Wildman–Crippen MR) is 61.1 cm³/mol. The van der Waals surface area contributed by atoms with Crippen molar-refractivity contribution < 1.29 is 0 Å². The van der Waals surface area contributed by atoms with Crippen molar-refractivity contribution >= 4 is 6.21 Å². The minimum Gasteiger partial charge on any atom is -0.265 e. The molecule has 13 heavy (non-hydrogen) atoms. The Labute approximate surface area is 82.3 Å². The standard InChI is InChI=1S/C12H21N/c1-6-11(4)7-8-13-9-12(5)10(2)3/h7-10H,6H2,1-5H3/b11-7+,12-9+,13-8-. The lowest BCUT2D eigenvalue weighted by atomic mass is 10.1. The molecule has 0 spiro atoms. The van der Waals surface area contributed by atoms with Gasteiger partial charge in [0.1, 0.15) is 0 Å². The lowest BCUT2D eigenvalue weighted by Gasteiger charge is -2.00. The molecule has 0 aliphatic rings. The van der Waals surface area contributed by atoms with Crippen molar-refractivity contribution in [2.75, 3.05) is 0 Å². The molecule has 0 aromatic carbocycles. The quantitative estimate of drug-likeness (QED) is 0.579. The molecule has 1 heteroatoms. The molecule has 0 aliphatic heterocycles. The summed E-state index contributed by atoms with van der Waals surface area (Å²) >= 11 is 0. The molecular weight excluding hydrogens is 158 g/mol. The number of nitrogens with zero attached hydrogens (tertiary/aromatic N) is 1. The highest BCUT2D eigenvalue weighted by atomic mass is 14.7.